The fourth-order valence-corrected chi connectivity index (χ4v) is 3.69. The molecule has 122 valence electrons. The Morgan fingerprint density at radius 2 is 1.92 bits per heavy atom. The molecule has 0 saturated carbocycles. The minimum absolute atomic E-state index is 1.06. The van der Waals surface area contributed by atoms with Gasteiger partial charge in [0.15, 0.2) is 0 Å². The molecule has 0 unspecified atom stereocenters. The van der Waals surface area contributed by atoms with Crippen LogP contribution in [0.4, 0.5) is 0 Å². The van der Waals surface area contributed by atoms with E-state index in [1.54, 1.807) is 0 Å². The number of rotatable bonds is 4. The Bertz CT molecular complexity index is 858. The van der Waals surface area contributed by atoms with Crippen LogP contribution >= 0.6 is 0 Å². The van der Waals surface area contributed by atoms with Gasteiger partial charge in [0.1, 0.15) is 0 Å². The van der Waals surface area contributed by atoms with Crippen molar-refractivity contribution in [1.82, 2.24) is 9.88 Å². The highest BCUT2D eigenvalue weighted by molar-refractivity contribution is 5.85. The molecule has 3 aromatic rings. The number of nitrogens with zero attached hydrogens (tertiary/aromatic N) is 1. The smallest absolute Gasteiger partial charge is 0.0486 e. The number of fused-ring (bicyclic) bond motifs is 1. The van der Waals surface area contributed by atoms with Crippen LogP contribution in [0.5, 0.6) is 0 Å². The first kappa shape index (κ1) is 15.2. The Labute approximate surface area is 143 Å². The third-order valence-electron chi connectivity index (χ3n) is 5.16. The summed E-state index contributed by atoms with van der Waals surface area (Å²) in [5.41, 5.74) is 6.94. The Balaban J connectivity index is 1.41. The SMILES string of the molecule is Cc1ccc(CCN2CC=C(c3ccccc3)CC2)c2cc[nH]c12. The fraction of sp³-hybridized carbons (Fsp3) is 0.273. The summed E-state index contributed by atoms with van der Waals surface area (Å²) in [4.78, 5) is 5.93. The molecule has 2 aromatic carbocycles. The summed E-state index contributed by atoms with van der Waals surface area (Å²) in [6.07, 6.45) is 6.72. The topological polar surface area (TPSA) is 19.0 Å². The zero-order chi connectivity index (χ0) is 16.4. The van der Waals surface area contributed by atoms with Gasteiger partial charge in [-0.3, -0.25) is 4.90 Å². The van der Waals surface area contributed by atoms with E-state index in [-0.39, 0.29) is 0 Å². The van der Waals surface area contributed by atoms with Gasteiger partial charge >= 0.3 is 0 Å². The number of nitrogens with one attached hydrogen (secondary N) is 1. The zero-order valence-corrected chi connectivity index (χ0v) is 14.3. The lowest BCUT2D eigenvalue weighted by molar-refractivity contribution is 0.306. The molecule has 0 aliphatic carbocycles. The minimum atomic E-state index is 1.06. The molecule has 2 nitrogen and oxygen atoms in total. The molecule has 0 radical (unpaired) electrons. The van der Waals surface area contributed by atoms with Gasteiger partial charge in [0.25, 0.3) is 0 Å². The van der Waals surface area contributed by atoms with Gasteiger partial charge in [-0.15, -0.1) is 0 Å². The Kier molecular flexibility index (Phi) is 4.22. The first-order chi connectivity index (χ1) is 11.8. The van der Waals surface area contributed by atoms with E-state index in [1.807, 2.05) is 0 Å². The highest BCUT2D eigenvalue weighted by atomic mass is 15.1. The minimum Gasteiger partial charge on any atom is -0.361 e. The van der Waals surface area contributed by atoms with Crippen LogP contribution in [0, 0.1) is 6.92 Å². The molecule has 24 heavy (non-hydrogen) atoms. The van der Waals surface area contributed by atoms with Crippen molar-refractivity contribution in [3.05, 3.63) is 77.5 Å². The van der Waals surface area contributed by atoms with Gasteiger partial charge in [-0.2, -0.15) is 0 Å². The number of benzene rings is 2. The van der Waals surface area contributed by atoms with E-state index in [9.17, 15) is 0 Å². The molecule has 1 N–H and O–H groups in total. The summed E-state index contributed by atoms with van der Waals surface area (Å²) in [5.74, 6) is 0. The molecule has 0 saturated heterocycles. The molecule has 1 aromatic heterocycles. The van der Waals surface area contributed by atoms with Crippen LogP contribution < -0.4 is 0 Å². The van der Waals surface area contributed by atoms with Gasteiger partial charge in [-0.1, -0.05) is 48.5 Å². The molecule has 0 spiro atoms. The average Bonchev–Trinajstić information content (AvgIpc) is 3.13. The van der Waals surface area contributed by atoms with E-state index in [4.69, 9.17) is 0 Å². The Hall–Kier alpha value is -2.32. The average molecular weight is 316 g/mol. The lowest BCUT2D eigenvalue weighted by atomic mass is 9.99. The number of aryl methyl sites for hydroxylation is 1. The molecule has 2 heterocycles. The standard InChI is InChI=1S/C22H24N2/c1-17-7-8-20(21-9-13-23-22(17)21)12-16-24-14-10-19(11-15-24)18-5-3-2-4-6-18/h2-10,13,23H,11-12,14-16H2,1H3. The molecule has 0 fully saturated rings. The highest BCUT2D eigenvalue weighted by Gasteiger charge is 2.13. The van der Waals surface area contributed by atoms with Gasteiger partial charge in [0.2, 0.25) is 0 Å². The van der Waals surface area contributed by atoms with E-state index < -0.39 is 0 Å². The third kappa shape index (κ3) is 3.02. The summed E-state index contributed by atoms with van der Waals surface area (Å²) in [6, 6.07) is 17.5. The van der Waals surface area contributed by atoms with Crippen molar-refractivity contribution in [3.8, 4) is 0 Å². The molecule has 0 bridgehead atoms. The van der Waals surface area contributed by atoms with Crippen LogP contribution in [0.25, 0.3) is 16.5 Å². The molecule has 1 aliphatic heterocycles. The van der Waals surface area contributed by atoms with Crippen LogP contribution in [0.2, 0.25) is 0 Å². The number of H-pyrrole nitrogens is 1. The van der Waals surface area contributed by atoms with Crippen molar-refractivity contribution >= 4 is 16.5 Å². The van der Waals surface area contributed by atoms with Crippen molar-refractivity contribution < 1.29 is 0 Å². The van der Waals surface area contributed by atoms with Crippen LogP contribution in [0.15, 0.2) is 60.8 Å². The zero-order valence-electron chi connectivity index (χ0n) is 14.3. The Morgan fingerprint density at radius 1 is 1.04 bits per heavy atom. The van der Waals surface area contributed by atoms with Crippen molar-refractivity contribution in [2.75, 3.05) is 19.6 Å². The van der Waals surface area contributed by atoms with E-state index in [1.165, 1.54) is 33.2 Å². The van der Waals surface area contributed by atoms with Crippen molar-refractivity contribution in [2.45, 2.75) is 19.8 Å². The van der Waals surface area contributed by atoms with Crippen molar-refractivity contribution in [1.29, 1.82) is 0 Å². The van der Waals surface area contributed by atoms with Crippen LogP contribution in [0.1, 0.15) is 23.1 Å². The van der Waals surface area contributed by atoms with Crippen molar-refractivity contribution in [3.63, 3.8) is 0 Å². The summed E-state index contributed by atoms with van der Waals surface area (Å²) < 4.78 is 0. The van der Waals surface area contributed by atoms with Crippen LogP contribution in [-0.2, 0) is 6.42 Å². The third-order valence-corrected chi connectivity index (χ3v) is 5.16. The quantitative estimate of drug-likeness (QED) is 0.732. The van der Waals surface area contributed by atoms with E-state index in [0.29, 0.717) is 0 Å². The molecule has 0 atom stereocenters. The van der Waals surface area contributed by atoms with Gasteiger partial charge in [-0.05, 0) is 48.1 Å². The number of hydrogen-bond donors (Lipinski definition) is 1. The van der Waals surface area contributed by atoms with Gasteiger partial charge in [-0.25, -0.2) is 0 Å². The summed E-state index contributed by atoms with van der Waals surface area (Å²) in [5, 5.41) is 1.38. The van der Waals surface area contributed by atoms with E-state index in [2.05, 4.69) is 77.6 Å². The summed E-state index contributed by atoms with van der Waals surface area (Å²) in [6.45, 7) is 5.51. The van der Waals surface area contributed by atoms with E-state index in [0.717, 1.165) is 32.5 Å². The molecule has 2 heteroatoms. The second-order valence-corrected chi connectivity index (χ2v) is 6.70. The number of aromatic amines is 1. The highest BCUT2D eigenvalue weighted by Crippen LogP contribution is 2.24. The first-order valence-electron chi connectivity index (χ1n) is 8.83. The van der Waals surface area contributed by atoms with Gasteiger partial charge in [0.05, 0.1) is 0 Å². The second-order valence-electron chi connectivity index (χ2n) is 6.70. The number of aromatic nitrogens is 1. The lowest BCUT2D eigenvalue weighted by Gasteiger charge is -2.26. The molecule has 0 amide bonds. The normalized spacial score (nSPS) is 15.6. The van der Waals surface area contributed by atoms with Gasteiger partial charge < -0.3 is 4.98 Å². The Morgan fingerprint density at radius 3 is 2.71 bits per heavy atom. The maximum Gasteiger partial charge on any atom is 0.0486 e. The predicted octanol–water partition coefficient (Wildman–Crippen LogP) is 4.81. The molecular formula is C22H24N2. The molecule has 4 rings (SSSR count). The predicted molar refractivity (Wildman–Crippen MR) is 102 cm³/mol. The summed E-state index contributed by atoms with van der Waals surface area (Å²) >= 11 is 0. The van der Waals surface area contributed by atoms with Crippen molar-refractivity contribution in [2.24, 2.45) is 0 Å². The maximum absolute atomic E-state index is 3.37. The molecule has 1 aliphatic rings. The largest absolute Gasteiger partial charge is 0.361 e. The van der Waals surface area contributed by atoms with E-state index >= 15 is 0 Å². The fourth-order valence-electron chi connectivity index (χ4n) is 3.69. The number of hydrogen-bond acceptors (Lipinski definition) is 1. The van der Waals surface area contributed by atoms with Crippen LogP contribution in [0.3, 0.4) is 0 Å². The maximum atomic E-state index is 3.37. The second kappa shape index (κ2) is 6.66. The summed E-state index contributed by atoms with van der Waals surface area (Å²) in [7, 11) is 0. The first-order valence-corrected chi connectivity index (χ1v) is 8.83. The molecular weight excluding hydrogens is 292 g/mol. The lowest BCUT2D eigenvalue weighted by Crippen LogP contribution is -2.30. The van der Waals surface area contributed by atoms with Gasteiger partial charge in [0, 0.05) is 36.7 Å². The van der Waals surface area contributed by atoms with Crippen LogP contribution in [-0.4, -0.2) is 29.5 Å². The monoisotopic (exact) mass is 316 g/mol.